The molecule has 1 aliphatic heterocycles. The molecule has 0 amide bonds. The SMILES string of the molecule is CCCCCCc1cc2c(cc1O)OC(N)=C(C#N)[C@H]2c1ccc(Cl)cc1. The molecule has 3 rings (SSSR count). The van der Waals surface area contributed by atoms with Crippen LogP contribution in [0.15, 0.2) is 47.9 Å². The molecule has 140 valence electrons. The van der Waals surface area contributed by atoms with Gasteiger partial charge in [0.25, 0.3) is 0 Å². The molecule has 0 unspecified atom stereocenters. The van der Waals surface area contributed by atoms with E-state index in [4.69, 9.17) is 22.1 Å². The Kier molecular flexibility index (Phi) is 5.93. The Hall–Kier alpha value is -2.64. The summed E-state index contributed by atoms with van der Waals surface area (Å²) in [6.07, 6.45) is 5.27. The summed E-state index contributed by atoms with van der Waals surface area (Å²) in [6.45, 7) is 2.17. The molecule has 3 N–H and O–H groups in total. The van der Waals surface area contributed by atoms with Gasteiger partial charge in [0.1, 0.15) is 23.1 Å². The number of ether oxygens (including phenoxy) is 1. The van der Waals surface area contributed by atoms with E-state index in [0.717, 1.165) is 42.4 Å². The fourth-order valence-electron chi connectivity index (χ4n) is 3.48. The molecule has 0 bridgehead atoms. The van der Waals surface area contributed by atoms with E-state index in [1.807, 2.05) is 18.2 Å². The summed E-state index contributed by atoms with van der Waals surface area (Å²) in [7, 11) is 0. The van der Waals surface area contributed by atoms with E-state index in [-0.39, 0.29) is 17.6 Å². The van der Waals surface area contributed by atoms with E-state index in [0.29, 0.717) is 16.3 Å². The average Bonchev–Trinajstić information content (AvgIpc) is 2.65. The second-order valence-corrected chi connectivity index (χ2v) is 7.24. The number of hydrogen-bond acceptors (Lipinski definition) is 4. The van der Waals surface area contributed by atoms with Crippen molar-refractivity contribution in [1.29, 1.82) is 5.26 Å². The van der Waals surface area contributed by atoms with Crippen LogP contribution in [-0.4, -0.2) is 5.11 Å². The zero-order valence-electron chi connectivity index (χ0n) is 15.3. The highest BCUT2D eigenvalue weighted by atomic mass is 35.5. The number of unbranched alkanes of at least 4 members (excludes halogenated alkanes) is 3. The number of allylic oxidation sites excluding steroid dienone is 1. The first kappa shape index (κ1) is 19.1. The second kappa shape index (κ2) is 8.37. The molecular weight excluding hydrogens is 360 g/mol. The van der Waals surface area contributed by atoms with Crippen LogP contribution in [0, 0.1) is 11.3 Å². The maximum atomic E-state index is 10.4. The quantitative estimate of drug-likeness (QED) is 0.656. The Labute approximate surface area is 164 Å². The number of nitriles is 1. The van der Waals surface area contributed by atoms with Crippen LogP contribution in [0.1, 0.15) is 55.2 Å². The van der Waals surface area contributed by atoms with E-state index in [2.05, 4.69) is 13.0 Å². The van der Waals surface area contributed by atoms with Crippen molar-refractivity contribution < 1.29 is 9.84 Å². The summed E-state index contributed by atoms with van der Waals surface area (Å²) in [5.41, 5.74) is 8.97. The van der Waals surface area contributed by atoms with Crippen molar-refractivity contribution in [3.8, 4) is 17.6 Å². The fraction of sp³-hybridized carbons (Fsp3) is 0.318. The number of hydrogen-bond donors (Lipinski definition) is 2. The van der Waals surface area contributed by atoms with Gasteiger partial charge in [0, 0.05) is 16.7 Å². The maximum absolute atomic E-state index is 10.4. The van der Waals surface area contributed by atoms with Gasteiger partial charge >= 0.3 is 0 Å². The Balaban J connectivity index is 2.03. The zero-order valence-corrected chi connectivity index (χ0v) is 16.1. The van der Waals surface area contributed by atoms with Crippen LogP contribution in [0.2, 0.25) is 5.02 Å². The molecule has 0 aliphatic carbocycles. The van der Waals surface area contributed by atoms with E-state index in [1.54, 1.807) is 18.2 Å². The van der Waals surface area contributed by atoms with Crippen LogP contribution in [0.3, 0.4) is 0 Å². The highest BCUT2D eigenvalue weighted by Gasteiger charge is 2.31. The third-order valence-corrected chi connectivity index (χ3v) is 5.17. The molecule has 1 heterocycles. The lowest BCUT2D eigenvalue weighted by Crippen LogP contribution is -2.21. The van der Waals surface area contributed by atoms with Gasteiger partial charge in [-0.1, -0.05) is 49.9 Å². The van der Waals surface area contributed by atoms with E-state index in [9.17, 15) is 10.4 Å². The number of nitrogens with two attached hydrogens (primary N) is 1. The lowest BCUT2D eigenvalue weighted by atomic mass is 9.82. The maximum Gasteiger partial charge on any atom is 0.205 e. The van der Waals surface area contributed by atoms with Crippen LogP contribution < -0.4 is 10.5 Å². The number of aryl methyl sites for hydroxylation is 1. The molecule has 1 atom stereocenters. The van der Waals surface area contributed by atoms with Crippen LogP contribution in [0.25, 0.3) is 0 Å². The van der Waals surface area contributed by atoms with Gasteiger partial charge in [0.15, 0.2) is 0 Å². The molecule has 0 aromatic heterocycles. The normalized spacial score (nSPS) is 15.8. The molecule has 27 heavy (non-hydrogen) atoms. The number of fused-ring (bicyclic) bond motifs is 1. The Morgan fingerprint density at radius 3 is 2.59 bits per heavy atom. The first-order valence-corrected chi connectivity index (χ1v) is 9.61. The van der Waals surface area contributed by atoms with Crippen LogP contribution in [0.4, 0.5) is 0 Å². The molecule has 5 heteroatoms. The smallest absolute Gasteiger partial charge is 0.205 e. The molecular formula is C22H23ClN2O2. The molecule has 0 saturated carbocycles. The topological polar surface area (TPSA) is 79.3 Å². The number of rotatable bonds is 6. The highest BCUT2D eigenvalue weighted by molar-refractivity contribution is 6.30. The summed E-state index contributed by atoms with van der Waals surface area (Å²) in [4.78, 5) is 0. The van der Waals surface area contributed by atoms with E-state index >= 15 is 0 Å². The molecule has 0 spiro atoms. The molecule has 2 aromatic carbocycles. The predicted molar refractivity (Wildman–Crippen MR) is 107 cm³/mol. The van der Waals surface area contributed by atoms with Gasteiger partial charge in [-0.05, 0) is 42.2 Å². The zero-order chi connectivity index (χ0) is 19.4. The van der Waals surface area contributed by atoms with Crippen LogP contribution in [-0.2, 0) is 6.42 Å². The largest absolute Gasteiger partial charge is 0.508 e. The minimum Gasteiger partial charge on any atom is -0.508 e. The lowest BCUT2D eigenvalue weighted by Gasteiger charge is -2.27. The summed E-state index contributed by atoms with van der Waals surface area (Å²) >= 11 is 6.02. The van der Waals surface area contributed by atoms with E-state index < -0.39 is 0 Å². The molecule has 1 aliphatic rings. The van der Waals surface area contributed by atoms with Gasteiger partial charge in [-0.3, -0.25) is 0 Å². The molecule has 0 radical (unpaired) electrons. The van der Waals surface area contributed by atoms with Crippen molar-refractivity contribution >= 4 is 11.6 Å². The number of nitrogens with zero attached hydrogens (tertiary/aromatic N) is 1. The van der Waals surface area contributed by atoms with Crippen molar-refractivity contribution in [3.05, 3.63) is 69.6 Å². The van der Waals surface area contributed by atoms with Gasteiger partial charge in [-0.15, -0.1) is 0 Å². The standard InChI is InChI=1S/C22H23ClN2O2/c1-2-3-4-5-6-15-11-17-20(12-19(15)26)27-22(25)18(13-24)21(17)14-7-9-16(23)10-8-14/h7-12,21,26H,2-6,25H2,1H3/t21-/m0/s1. The number of aromatic hydroxyl groups is 1. The van der Waals surface area contributed by atoms with Crippen molar-refractivity contribution in [1.82, 2.24) is 0 Å². The van der Waals surface area contributed by atoms with Gasteiger partial charge < -0.3 is 15.6 Å². The third-order valence-electron chi connectivity index (χ3n) is 4.92. The summed E-state index contributed by atoms with van der Waals surface area (Å²) in [6, 6.07) is 13.1. The van der Waals surface area contributed by atoms with E-state index in [1.165, 1.54) is 6.42 Å². The number of benzene rings is 2. The minimum atomic E-state index is -0.342. The Bertz CT molecular complexity index is 898. The first-order valence-electron chi connectivity index (χ1n) is 9.24. The first-order chi connectivity index (χ1) is 13.0. The van der Waals surface area contributed by atoms with Crippen LogP contribution in [0.5, 0.6) is 11.5 Å². The number of phenolic OH excluding ortho intramolecular Hbond substituents is 1. The predicted octanol–water partition coefficient (Wildman–Crippen LogP) is 5.39. The molecule has 0 saturated heterocycles. The Morgan fingerprint density at radius 1 is 1.19 bits per heavy atom. The lowest BCUT2D eigenvalue weighted by molar-refractivity contribution is 0.387. The van der Waals surface area contributed by atoms with Crippen molar-refractivity contribution in [3.63, 3.8) is 0 Å². The van der Waals surface area contributed by atoms with Crippen molar-refractivity contribution in [2.45, 2.75) is 44.9 Å². The van der Waals surface area contributed by atoms with Gasteiger partial charge in [-0.2, -0.15) is 5.26 Å². The average molecular weight is 383 g/mol. The van der Waals surface area contributed by atoms with Gasteiger partial charge in [0.05, 0.1) is 5.92 Å². The monoisotopic (exact) mass is 382 g/mol. The highest BCUT2D eigenvalue weighted by Crippen LogP contribution is 2.44. The second-order valence-electron chi connectivity index (χ2n) is 6.81. The fourth-order valence-corrected chi connectivity index (χ4v) is 3.61. The van der Waals surface area contributed by atoms with Crippen molar-refractivity contribution in [2.75, 3.05) is 0 Å². The van der Waals surface area contributed by atoms with Crippen LogP contribution >= 0.6 is 11.6 Å². The minimum absolute atomic E-state index is 0.0695. The molecule has 2 aromatic rings. The van der Waals surface area contributed by atoms with Gasteiger partial charge in [-0.25, -0.2) is 0 Å². The molecule has 0 fully saturated rings. The number of phenols is 1. The summed E-state index contributed by atoms with van der Waals surface area (Å²) in [5, 5.41) is 20.7. The van der Waals surface area contributed by atoms with Gasteiger partial charge in [0.2, 0.25) is 5.88 Å². The summed E-state index contributed by atoms with van der Waals surface area (Å²) in [5.74, 6) is 0.417. The summed E-state index contributed by atoms with van der Waals surface area (Å²) < 4.78 is 5.64. The number of halogens is 1. The third kappa shape index (κ3) is 4.04. The molecule has 4 nitrogen and oxygen atoms in total. The van der Waals surface area contributed by atoms with Crippen molar-refractivity contribution in [2.24, 2.45) is 5.73 Å². The Morgan fingerprint density at radius 2 is 1.93 bits per heavy atom.